The molecule has 2 aromatic rings. The highest BCUT2D eigenvalue weighted by Gasteiger charge is 2.10. The van der Waals surface area contributed by atoms with Crippen LogP contribution in [0.5, 0.6) is 0 Å². The van der Waals surface area contributed by atoms with E-state index in [4.69, 9.17) is 5.11 Å². The predicted molar refractivity (Wildman–Crippen MR) is 71.5 cm³/mol. The van der Waals surface area contributed by atoms with E-state index in [1.165, 1.54) is 5.56 Å². The lowest BCUT2D eigenvalue weighted by atomic mass is 10.1. The van der Waals surface area contributed by atoms with Crippen LogP contribution in [-0.4, -0.2) is 20.6 Å². The Morgan fingerprint density at radius 1 is 1.44 bits per heavy atom. The van der Waals surface area contributed by atoms with Crippen LogP contribution in [0, 0.1) is 0 Å². The Morgan fingerprint density at radius 3 is 2.83 bits per heavy atom. The number of aliphatic carboxylic acids is 1. The Labute approximate surface area is 106 Å². The van der Waals surface area contributed by atoms with Crippen LogP contribution in [-0.2, 0) is 17.8 Å². The van der Waals surface area contributed by atoms with Gasteiger partial charge in [0.05, 0.1) is 11.0 Å². The zero-order valence-electron chi connectivity index (χ0n) is 10.6. The van der Waals surface area contributed by atoms with Gasteiger partial charge in [0.2, 0.25) is 0 Å². The molecule has 0 amide bonds. The van der Waals surface area contributed by atoms with Crippen LogP contribution < -0.4 is 0 Å². The number of aromatic nitrogens is 2. The average molecular weight is 244 g/mol. The molecule has 1 aromatic heterocycles. The lowest BCUT2D eigenvalue weighted by molar-refractivity contribution is -0.131. The summed E-state index contributed by atoms with van der Waals surface area (Å²) in [6.45, 7) is 4.91. The molecule has 1 aromatic carbocycles. The molecule has 94 valence electrons. The summed E-state index contributed by atoms with van der Waals surface area (Å²) >= 11 is 0. The van der Waals surface area contributed by atoms with Crippen molar-refractivity contribution < 1.29 is 9.90 Å². The van der Waals surface area contributed by atoms with Gasteiger partial charge < -0.3 is 9.67 Å². The maximum Gasteiger partial charge on any atom is 0.328 e. The molecule has 0 aliphatic heterocycles. The van der Waals surface area contributed by atoms with Gasteiger partial charge in [-0.05, 0) is 31.1 Å². The first-order chi connectivity index (χ1) is 8.67. The Kier molecular flexibility index (Phi) is 3.46. The number of carboxylic acid groups (broad SMARTS) is 1. The van der Waals surface area contributed by atoms with Gasteiger partial charge in [-0.2, -0.15) is 0 Å². The third-order valence-electron chi connectivity index (χ3n) is 2.95. The second-order valence-electron chi connectivity index (χ2n) is 4.02. The number of rotatable bonds is 4. The third kappa shape index (κ3) is 2.14. The average Bonchev–Trinajstić information content (AvgIpc) is 2.73. The summed E-state index contributed by atoms with van der Waals surface area (Å²) in [5, 5.41) is 8.69. The van der Waals surface area contributed by atoms with Crippen LogP contribution in [0.1, 0.15) is 25.2 Å². The molecule has 0 unspecified atom stereocenters. The number of carbonyl (C=O) groups is 1. The van der Waals surface area contributed by atoms with E-state index in [9.17, 15) is 4.79 Å². The lowest BCUT2D eigenvalue weighted by Crippen LogP contribution is -1.99. The minimum absolute atomic E-state index is 0.691. The van der Waals surface area contributed by atoms with Gasteiger partial charge in [-0.25, -0.2) is 9.78 Å². The van der Waals surface area contributed by atoms with Gasteiger partial charge in [0.25, 0.3) is 0 Å². The van der Waals surface area contributed by atoms with Crippen LogP contribution >= 0.6 is 0 Å². The number of aryl methyl sites for hydroxylation is 2. The fourth-order valence-electron chi connectivity index (χ4n) is 2.16. The minimum Gasteiger partial charge on any atom is -0.478 e. The molecule has 0 aliphatic carbocycles. The minimum atomic E-state index is -0.958. The lowest BCUT2D eigenvalue weighted by Gasteiger charge is -2.06. The number of fused-ring (bicyclic) bond motifs is 1. The quantitative estimate of drug-likeness (QED) is 0.841. The van der Waals surface area contributed by atoms with E-state index >= 15 is 0 Å². The molecule has 0 radical (unpaired) electrons. The Hall–Kier alpha value is -2.10. The van der Waals surface area contributed by atoms with E-state index in [1.54, 1.807) is 6.08 Å². The molecule has 0 saturated carbocycles. The molecule has 4 heteroatoms. The molecule has 0 fully saturated rings. The molecule has 0 saturated heterocycles. The van der Waals surface area contributed by atoms with Crippen molar-refractivity contribution in [3.05, 3.63) is 35.7 Å². The molecule has 1 heterocycles. The maximum absolute atomic E-state index is 10.6. The fraction of sp³-hybridized carbons (Fsp3) is 0.286. The summed E-state index contributed by atoms with van der Waals surface area (Å²) in [6.07, 6.45) is 3.61. The fourth-order valence-corrected chi connectivity index (χ4v) is 2.16. The maximum atomic E-state index is 10.6. The highest BCUT2D eigenvalue weighted by molar-refractivity contribution is 5.86. The number of nitrogens with zero attached hydrogens (tertiary/aromatic N) is 2. The van der Waals surface area contributed by atoms with Crippen molar-refractivity contribution in [1.82, 2.24) is 9.55 Å². The molecule has 2 rings (SSSR count). The van der Waals surface area contributed by atoms with Gasteiger partial charge in [-0.3, -0.25) is 0 Å². The summed E-state index contributed by atoms with van der Waals surface area (Å²) in [7, 11) is 0. The van der Waals surface area contributed by atoms with Crippen LogP contribution in [0.15, 0.2) is 24.3 Å². The second-order valence-corrected chi connectivity index (χ2v) is 4.02. The van der Waals surface area contributed by atoms with Crippen molar-refractivity contribution in [1.29, 1.82) is 0 Å². The van der Waals surface area contributed by atoms with E-state index in [2.05, 4.69) is 18.0 Å². The topological polar surface area (TPSA) is 55.1 Å². The largest absolute Gasteiger partial charge is 0.478 e. The van der Waals surface area contributed by atoms with Crippen molar-refractivity contribution in [3.8, 4) is 0 Å². The van der Waals surface area contributed by atoms with Crippen molar-refractivity contribution in [2.24, 2.45) is 0 Å². The first-order valence-corrected chi connectivity index (χ1v) is 6.06. The van der Waals surface area contributed by atoms with Gasteiger partial charge in [0.1, 0.15) is 5.82 Å². The summed E-state index contributed by atoms with van der Waals surface area (Å²) < 4.78 is 2.05. The summed E-state index contributed by atoms with van der Waals surface area (Å²) in [5.41, 5.74) is 3.26. The number of para-hydroxylation sites is 1. The van der Waals surface area contributed by atoms with Crippen LogP contribution in [0.25, 0.3) is 17.1 Å². The summed E-state index contributed by atoms with van der Waals surface area (Å²) in [5.74, 6) is -0.267. The number of carboxylic acids is 1. The van der Waals surface area contributed by atoms with Crippen molar-refractivity contribution in [3.63, 3.8) is 0 Å². The third-order valence-corrected chi connectivity index (χ3v) is 2.95. The number of hydrogen-bond donors (Lipinski definition) is 1. The summed E-state index contributed by atoms with van der Waals surface area (Å²) in [4.78, 5) is 15.1. The van der Waals surface area contributed by atoms with E-state index in [-0.39, 0.29) is 0 Å². The zero-order chi connectivity index (χ0) is 13.1. The number of hydrogen-bond acceptors (Lipinski definition) is 2. The van der Waals surface area contributed by atoms with Gasteiger partial charge in [-0.1, -0.05) is 19.1 Å². The monoisotopic (exact) mass is 244 g/mol. The number of benzene rings is 1. The highest BCUT2D eigenvalue weighted by atomic mass is 16.4. The van der Waals surface area contributed by atoms with Crippen LogP contribution in [0.2, 0.25) is 0 Å². The second kappa shape index (κ2) is 5.04. The standard InChI is InChI=1S/C14H16N2O2/c1-3-10-6-5-7-11-14(10)16(4-2)12(15-11)8-9-13(17)18/h5-9H,3-4H2,1-2H3,(H,17,18)/b9-8+. The van der Waals surface area contributed by atoms with Gasteiger partial charge in [0.15, 0.2) is 0 Å². The van der Waals surface area contributed by atoms with Crippen molar-refractivity contribution in [2.75, 3.05) is 0 Å². The zero-order valence-corrected chi connectivity index (χ0v) is 10.6. The van der Waals surface area contributed by atoms with Crippen LogP contribution in [0.4, 0.5) is 0 Å². The smallest absolute Gasteiger partial charge is 0.328 e. The highest BCUT2D eigenvalue weighted by Crippen LogP contribution is 2.21. The van der Waals surface area contributed by atoms with Gasteiger partial charge >= 0.3 is 5.97 Å². The molecule has 0 bridgehead atoms. The van der Waals surface area contributed by atoms with E-state index in [0.29, 0.717) is 5.82 Å². The SMILES string of the molecule is CCc1cccc2nc(/C=C/C(=O)O)n(CC)c12. The Balaban J connectivity index is 2.65. The van der Waals surface area contributed by atoms with Crippen molar-refractivity contribution >= 4 is 23.1 Å². The van der Waals surface area contributed by atoms with Crippen molar-refractivity contribution in [2.45, 2.75) is 26.8 Å². The normalized spacial score (nSPS) is 11.4. The predicted octanol–water partition coefficient (Wildman–Crippen LogP) is 2.72. The molecule has 18 heavy (non-hydrogen) atoms. The molecule has 0 spiro atoms. The van der Waals surface area contributed by atoms with Gasteiger partial charge in [0, 0.05) is 12.6 Å². The molecule has 4 nitrogen and oxygen atoms in total. The van der Waals surface area contributed by atoms with Crippen LogP contribution in [0.3, 0.4) is 0 Å². The number of imidazole rings is 1. The molecule has 0 atom stereocenters. The Morgan fingerprint density at radius 2 is 2.22 bits per heavy atom. The van der Waals surface area contributed by atoms with E-state index in [0.717, 1.165) is 30.1 Å². The molecule has 1 N–H and O–H groups in total. The Bertz CT molecular complexity index is 612. The summed E-state index contributed by atoms with van der Waals surface area (Å²) in [6, 6.07) is 6.03. The molecular formula is C14H16N2O2. The molecule has 0 aliphatic rings. The first-order valence-electron chi connectivity index (χ1n) is 6.06. The van der Waals surface area contributed by atoms with E-state index in [1.807, 2.05) is 23.6 Å². The first kappa shape index (κ1) is 12.4. The molecular weight excluding hydrogens is 228 g/mol. The van der Waals surface area contributed by atoms with Gasteiger partial charge in [-0.15, -0.1) is 0 Å². The van der Waals surface area contributed by atoms with E-state index < -0.39 is 5.97 Å².